The van der Waals surface area contributed by atoms with Crippen molar-refractivity contribution < 1.29 is 9.53 Å². The summed E-state index contributed by atoms with van der Waals surface area (Å²) in [6.07, 6.45) is 3.39. The highest BCUT2D eigenvalue weighted by atomic mass is 16.5. The number of nitrogens with zero attached hydrogens (tertiary/aromatic N) is 3. The maximum absolute atomic E-state index is 12.6. The summed E-state index contributed by atoms with van der Waals surface area (Å²) >= 11 is 0. The Kier molecular flexibility index (Phi) is 3.69. The van der Waals surface area contributed by atoms with Gasteiger partial charge in [-0.3, -0.25) is 4.57 Å². The SMILES string of the molecule is CCOC(=O)c1c(C)n(-c2ncccn2)c2c1ccc1ccccc12. The predicted molar refractivity (Wildman–Crippen MR) is 97.1 cm³/mol. The molecule has 0 spiro atoms. The summed E-state index contributed by atoms with van der Waals surface area (Å²) in [5.41, 5.74) is 2.26. The van der Waals surface area contributed by atoms with Gasteiger partial charge in [0.25, 0.3) is 0 Å². The summed E-state index contributed by atoms with van der Waals surface area (Å²) in [6, 6.07) is 13.9. The van der Waals surface area contributed by atoms with Gasteiger partial charge in [-0.15, -0.1) is 0 Å². The molecule has 0 aliphatic rings. The van der Waals surface area contributed by atoms with E-state index in [4.69, 9.17) is 4.74 Å². The van der Waals surface area contributed by atoms with Gasteiger partial charge < -0.3 is 4.74 Å². The second-order valence-corrected chi connectivity index (χ2v) is 5.75. The Morgan fingerprint density at radius 2 is 1.80 bits per heavy atom. The van der Waals surface area contributed by atoms with E-state index in [0.29, 0.717) is 18.1 Å². The number of benzene rings is 2. The van der Waals surface area contributed by atoms with Gasteiger partial charge >= 0.3 is 5.97 Å². The van der Waals surface area contributed by atoms with Crippen LogP contribution in [0.2, 0.25) is 0 Å². The van der Waals surface area contributed by atoms with E-state index in [9.17, 15) is 4.79 Å². The third kappa shape index (κ3) is 2.36. The van der Waals surface area contributed by atoms with E-state index >= 15 is 0 Å². The quantitative estimate of drug-likeness (QED) is 0.531. The maximum Gasteiger partial charge on any atom is 0.340 e. The molecule has 0 radical (unpaired) electrons. The van der Waals surface area contributed by atoms with Crippen LogP contribution in [0.5, 0.6) is 0 Å². The molecule has 5 heteroatoms. The number of ether oxygens (including phenoxy) is 1. The molecule has 2 heterocycles. The summed E-state index contributed by atoms with van der Waals surface area (Å²) in [6.45, 7) is 4.04. The van der Waals surface area contributed by atoms with Gasteiger partial charge in [-0.25, -0.2) is 14.8 Å². The Hall–Kier alpha value is -3.21. The third-order valence-corrected chi connectivity index (χ3v) is 4.32. The minimum absolute atomic E-state index is 0.324. The first-order valence-electron chi connectivity index (χ1n) is 8.19. The second-order valence-electron chi connectivity index (χ2n) is 5.75. The van der Waals surface area contributed by atoms with E-state index < -0.39 is 0 Å². The molecule has 2 aromatic heterocycles. The number of rotatable bonds is 3. The zero-order valence-corrected chi connectivity index (χ0v) is 14.1. The van der Waals surface area contributed by atoms with Gasteiger partial charge in [-0.05, 0) is 25.3 Å². The first-order valence-corrected chi connectivity index (χ1v) is 8.19. The van der Waals surface area contributed by atoms with Gasteiger partial charge in [0.1, 0.15) is 0 Å². The smallest absolute Gasteiger partial charge is 0.340 e. The van der Waals surface area contributed by atoms with Crippen LogP contribution in [0.25, 0.3) is 27.6 Å². The summed E-state index contributed by atoms with van der Waals surface area (Å²) in [4.78, 5) is 21.4. The Morgan fingerprint density at radius 1 is 1.04 bits per heavy atom. The number of esters is 1. The molecule has 124 valence electrons. The van der Waals surface area contributed by atoms with Crippen molar-refractivity contribution in [1.82, 2.24) is 14.5 Å². The van der Waals surface area contributed by atoms with Crippen LogP contribution in [0.3, 0.4) is 0 Å². The van der Waals surface area contributed by atoms with Crippen LogP contribution in [-0.2, 0) is 4.74 Å². The zero-order chi connectivity index (χ0) is 17.4. The lowest BCUT2D eigenvalue weighted by Gasteiger charge is -2.08. The Bertz CT molecular complexity index is 1080. The number of fused-ring (bicyclic) bond motifs is 3. The van der Waals surface area contributed by atoms with Crippen LogP contribution in [0, 0.1) is 6.92 Å². The van der Waals surface area contributed by atoms with Crippen LogP contribution in [0.4, 0.5) is 0 Å². The van der Waals surface area contributed by atoms with Crippen molar-refractivity contribution in [2.24, 2.45) is 0 Å². The van der Waals surface area contributed by atoms with Crippen LogP contribution in [0.15, 0.2) is 54.9 Å². The van der Waals surface area contributed by atoms with Crippen molar-refractivity contribution in [3.63, 3.8) is 0 Å². The highest BCUT2D eigenvalue weighted by molar-refractivity contribution is 6.15. The molecule has 2 aromatic carbocycles. The van der Waals surface area contributed by atoms with Crippen molar-refractivity contribution in [3.05, 3.63) is 66.1 Å². The Labute approximate surface area is 144 Å². The fourth-order valence-electron chi connectivity index (χ4n) is 3.29. The second kappa shape index (κ2) is 6.02. The van der Waals surface area contributed by atoms with Gasteiger partial charge in [-0.1, -0.05) is 36.4 Å². The topological polar surface area (TPSA) is 57.0 Å². The van der Waals surface area contributed by atoms with Crippen LogP contribution in [-0.4, -0.2) is 27.1 Å². The average molecular weight is 331 g/mol. The average Bonchev–Trinajstić information content (AvgIpc) is 2.95. The molecule has 0 aliphatic carbocycles. The fraction of sp³-hybridized carbons (Fsp3) is 0.150. The molecule has 0 N–H and O–H groups in total. The highest BCUT2D eigenvalue weighted by Gasteiger charge is 2.24. The Morgan fingerprint density at radius 3 is 2.56 bits per heavy atom. The minimum Gasteiger partial charge on any atom is -0.462 e. The van der Waals surface area contributed by atoms with Gasteiger partial charge in [0.05, 0.1) is 17.7 Å². The first-order chi connectivity index (χ1) is 12.2. The molecule has 0 atom stereocenters. The van der Waals surface area contributed by atoms with Crippen molar-refractivity contribution in [2.45, 2.75) is 13.8 Å². The molecule has 0 unspecified atom stereocenters. The van der Waals surface area contributed by atoms with Gasteiger partial charge in [0.15, 0.2) is 0 Å². The van der Waals surface area contributed by atoms with Crippen molar-refractivity contribution in [1.29, 1.82) is 0 Å². The number of carbonyl (C=O) groups is 1. The molecule has 0 saturated carbocycles. The third-order valence-electron chi connectivity index (χ3n) is 4.32. The van der Waals surface area contributed by atoms with E-state index in [0.717, 1.165) is 27.4 Å². The molecule has 0 bridgehead atoms. The summed E-state index contributed by atoms with van der Waals surface area (Å²) in [7, 11) is 0. The van der Waals surface area contributed by atoms with Gasteiger partial charge in [-0.2, -0.15) is 0 Å². The number of hydrogen-bond acceptors (Lipinski definition) is 4. The number of aromatic nitrogens is 3. The molecule has 0 fully saturated rings. The minimum atomic E-state index is -0.324. The molecule has 0 amide bonds. The summed E-state index contributed by atoms with van der Waals surface area (Å²) in [5, 5.41) is 2.99. The van der Waals surface area contributed by atoms with E-state index in [1.54, 1.807) is 18.5 Å². The van der Waals surface area contributed by atoms with Crippen molar-refractivity contribution >= 4 is 27.6 Å². The Balaban J connectivity index is 2.17. The van der Waals surface area contributed by atoms with Crippen molar-refractivity contribution in [3.8, 4) is 5.95 Å². The van der Waals surface area contributed by atoms with Gasteiger partial charge in [0, 0.05) is 28.9 Å². The lowest BCUT2D eigenvalue weighted by Crippen LogP contribution is -2.08. The summed E-state index contributed by atoms with van der Waals surface area (Å²) in [5.74, 6) is 0.215. The standard InChI is InChI=1S/C20H17N3O2/c1-3-25-19(24)17-13(2)23(20-21-11-6-12-22-20)18-15-8-5-4-7-14(15)9-10-16(17)18/h4-12H,3H2,1-2H3. The first kappa shape index (κ1) is 15.3. The lowest BCUT2D eigenvalue weighted by molar-refractivity contribution is 0.0527. The van der Waals surface area contributed by atoms with Crippen molar-refractivity contribution in [2.75, 3.05) is 6.61 Å². The molecule has 0 saturated heterocycles. The van der Waals surface area contributed by atoms with E-state index in [1.165, 1.54) is 0 Å². The fourth-order valence-corrected chi connectivity index (χ4v) is 3.29. The summed E-state index contributed by atoms with van der Waals surface area (Å²) < 4.78 is 7.22. The van der Waals surface area contributed by atoms with E-state index in [1.807, 2.05) is 48.7 Å². The molecule has 4 rings (SSSR count). The highest BCUT2D eigenvalue weighted by Crippen LogP contribution is 2.34. The van der Waals surface area contributed by atoms with Crippen LogP contribution < -0.4 is 0 Å². The largest absolute Gasteiger partial charge is 0.462 e. The van der Waals surface area contributed by atoms with E-state index in [2.05, 4.69) is 16.0 Å². The molecule has 4 aromatic rings. The van der Waals surface area contributed by atoms with Gasteiger partial charge in [0.2, 0.25) is 5.95 Å². The molecule has 0 aliphatic heterocycles. The zero-order valence-electron chi connectivity index (χ0n) is 14.1. The molecular weight excluding hydrogens is 314 g/mol. The van der Waals surface area contributed by atoms with E-state index in [-0.39, 0.29) is 5.97 Å². The van der Waals surface area contributed by atoms with Crippen LogP contribution >= 0.6 is 0 Å². The monoisotopic (exact) mass is 331 g/mol. The molecular formula is C20H17N3O2. The molecule has 25 heavy (non-hydrogen) atoms. The normalized spacial score (nSPS) is 11.1. The van der Waals surface area contributed by atoms with Crippen LogP contribution in [0.1, 0.15) is 23.0 Å². The predicted octanol–water partition coefficient (Wildman–Crippen LogP) is 4.06. The number of hydrogen-bond donors (Lipinski definition) is 0. The lowest BCUT2D eigenvalue weighted by atomic mass is 10.0. The maximum atomic E-state index is 12.6. The number of carbonyl (C=O) groups excluding carboxylic acids is 1. The molecule has 5 nitrogen and oxygen atoms in total.